The molecule has 2 N–H and O–H groups in total. The summed E-state index contributed by atoms with van der Waals surface area (Å²) in [6.45, 7) is 3.14. The lowest BCUT2D eigenvalue weighted by molar-refractivity contribution is -0.114. The first-order valence-electron chi connectivity index (χ1n) is 6.62. The summed E-state index contributed by atoms with van der Waals surface area (Å²) < 4.78 is 26.3. The zero-order valence-corrected chi connectivity index (χ0v) is 13.1. The van der Waals surface area contributed by atoms with Gasteiger partial charge in [-0.25, -0.2) is 8.78 Å². The number of aryl methyl sites for hydroxylation is 1. The minimum Gasteiger partial charge on any atom is -0.326 e. The highest BCUT2D eigenvalue weighted by atomic mass is 35.5. The van der Waals surface area contributed by atoms with Crippen molar-refractivity contribution in [2.75, 3.05) is 10.6 Å². The maximum atomic E-state index is 13.2. The summed E-state index contributed by atoms with van der Waals surface area (Å²) in [6, 6.07) is 6.32. The Morgan fingerprint density at radius 2 is 1.70 bits per heavy atom. The average Bonchev–Trinajstić information content (AvgIpc) is 2.45. The Morgan fingerprint density at radius 3 is 2.30 bits per heavy atom. The number of hydrogen-bond donors (Lipinski definition) is 2. The zero-order valence-electron chi connectivity index (χ0n) is 12.3. The van der Waals surface area contributed by atoms with E-state index in [-0.39, 0.29) is 16.5 Å². The summed E-state index contributed by atoms with van der Waals surface area (Å²) in [6.07, 6.45) is 0. The van der Waals surface area contributed by atoms with Crippen molar-refractivity contribution in [3.8, 4) is 0 Å². The molecule has 0 saturated carbocycles. The van der Waals surface area contributed by atoms with Gasteiger partial charge in [0.1, 0.15) is 0 Å². The normalized spacial score (nSPS) is 10.3. The smallest absolute Gasteiger partial charge is 0.257 e. The Kier molecular flexibility index (Phi) is 4.95. The summed E-state index contributed by atoms with van der Waals surface area (Å²) in [4.78, 5) is 23.2. The first-order chi connectivity index (χ1) is 10.8. The first-order valence-corrected chi connectivity index (χ1v) is 7.00. The van der Waals surface area contributed by atoms with Crippen LogP contribution in [0.3, 0.4) is 0 Å². The largest absolute Gasteiger partial charge is 0.326 e. The van der Waals surface area contributed by atoms with E-state index < -0.39 is 17.5 Å². The van der Waals surface area contributed by atoms with Crippen molar-refractivity contribution >= 4 is 34.8 Å². The van der Waals surface area contributed by atoms with Crippen LogP contribution < -0.4 is 10.6 Å². The zero-order chi connectivity index (χ0) is 17.1. The van der Waals surface area contributed by atoms with Gasteiger partial charge >= 0.3 is 0 Å². The molecule has 2 amide bonds. The van der Waals surface area contributed by atoms with Gasteiger partial charge in [0.25, 0.3) is 5.91 Å². The molecule has 0 aromatic heterocycles. The third-order valence-corrected chi connectivity index (χ3v) is 3.36. The molecule has 0 spiro atoms. The fourth-order valence-electron chi connectivity index (χ4n) is 1.97. The highest BCUT2D eigenvalue weighted by Gasteiger charge is 2.15. The SMILES string of the molecule is CC(=O)Nc1ccc(NC(=O)c2cc(F)c(F)cc2Cl)cc1C. The molecule has 2 aromatic carbocycles. The number of carbonyl (C=O) groups is 2. The van der Waals surface area contributed by atoms with E-state index in [4.69, 9.17) is 11.6 Å². The van der Waals surface area contributed by atoms with Crippen molar-refractivity contribution in [2.24, 2.45) is 0 Å². The standard InChI is InChI=1S/C16H13ClF2N2O2/c1-8-5-10(3-4-15(8)20-9(2)22)21-16(23)11-6-13(18)14(19)7-12(11)17/h3-7H,1-2H3,(H,20,22)(H,21,23). The molecule has 120 valence electrons. The molecule has 0 aliphatic carbocycles. The molecule has 23 heavy (non-hydrogen) atoms. The van der Waals surface area contributed by atoms with Crippen molar-refractivity contribution in [2.45, 2.75) is 13.8 Å². The minimum atomic E-state index is -1.16. The Bertz CT molecular complexity index is 794. The van der Waals surface area contributed by atoms with Gasteiger partial charge in [0.2, 0.25) is 5.91 Å². The highest BCUT2D eigenvalue weighted by molar-refractivity contribution is 6.34. The van der Waals surface area contributed by atoms with E-state index in [9.17, 15) is 18.4 Å². The molecule has 7 heteroatoms. The Labute approximate surface area is 136 Å². The number of halogens is 3. The van der Waals surface area contributed by atoms with Gasteiger partial charge in [0.05, 0.1) is 10.6 Å². The summed E-state index contributed by atoms with van der Waals surface area (Å²) in [5.74, 6) is -3.15. The van der Waals surface area contributed by atoms with E-state index >= 15 is 0 Å². The van der Waals surface area contributed by atoms with Crippen LogP contribution in [0.4, 0.5) is 20.2 Å². The highest BCUT2D eigenvalue weighted by Crippen LogP contribution is 2.23. The van der Waals surface area contributed by atoms with Gasteiger partial charge < -0.3 is 10.6 Å². The molecule has 2 aromatic rings. The fourth-order valence-corrected chi connectivity index (χ4v) is 2.20. The van der Waals surface area contributed by atoms with Crippen LogP contribution in [0.2, 0.25) is 5.02 Å². The van der Waals surface area contributed by atoms with Crippen molar-refractivity contribution in [3.63, 3.8) is 0 Å². The maximum Gasteiger partial charge on any atom is 0.257 e. The van der Waals surface area contributed by atoms with Gasteiger partial charge in [0.15, 0.2) is 11.6 Å². The molecule has 0 saturated heterocycles. The first kappa shape index (κ1) is 16.9. The summed E-state index contributed by atoms with van der Waals surface area (Å²) >= 11 is 5.76. The van der Waals surface area contributed by atoms with Crippen LogP contribution in [0.15, 0.2) is 30.3 Å². The van der Waals surface area contributed by atoms with Crippen LogP contribution in [0.5, 0.6) is 0 Å². The van der Waals surface area contributed by atoms with Gasteiger partial charge in [-0.15, -0.1) is 0 Å². The topological polar surface area (TPSA) is 58.2 Å². The van der Waals surface area contributed by atoms with Crippen molar-refractivity contribution in [3.05, 3.63) is 58.1 Å². The van der Waals surface area contributed by atoms with Gasteiger partial charge in [-0.05, 0) is 42.8 Å². The molecular weight excluding hydrogens is 326 g/mol. The minimum absolute atomic E-state index is 0.172. The van der Waals surface area contributed by atoms with E-state index in [0.717, 1.165) is 17.7 Å². The van der Waals surface area contributed by atoms with Crippen LogP contribution in [-0.4, -0.2) is 11.8 Å². The van der Waals surface area contributed by atoms with Crippen molar-refractivity contribution in [1.29, 1.82) is 0 Å². The monoisotopic (exact) mass is 338 g/mol. The molecule has 0 heterocycles. The van der Waals surface area contributed by atoms with E-state index in [0.29, 0.717) is 11.4 Å². The Balaban J connectivity index is 2.22. The lowest BCUT2D eigenvalue weighted by Gasteiger charge is -2.11. The molecule has 0 radical (unpaired) electrons. The predicted octanol–water partition coefficient (Wildman–Crippen LogP) is 4.14. The second kappa shape index (κ2) is 6.75. The van der Waals surface area contributed by atoms with Gasteiger partial charge in [-0.2, -0.15) is 0 Å². The van der Waals surface area contributed by atoms with Gasteiger partial charge in [-0.3, -0.25) is 9.59 Å². The van der Waals surface area contributed by atoms with E-state index in [1.54, 1.807) is 25.1 Å². The number of hydrogen-bond acceptors (Lipinski definition) is 2. The van der Waals surface area contributed by atoms with Crippen molar-refractivity contribution in [1.82, 2.24) is 0 Å². The fraction of sp³-hybridized carbons (Fsp3) is 0.125. The van der Waals surface area contributed by atoms with E-state index in [1.807, 2.05) is 0 Å². The van der Waals surface area contributed by atoms with Crippen molar-refractivity contribution < 1.29 is 18.4 Å². The summed E-state index contributed by atoms with van der Waals surface area (Å²) in [7, 11) is 0. The van der Waals surface area contributed by atoms with Crippen LogP contribution in [-0.2, 0) is 4.79 Å². The summed E-state index contributed by atoms with van der Waals surface area (Å²) in [5, 5.41) is 5.00. The van der Waals surface area contributed by atoms with Crippen LogP contribution in [0, 0.1) is 18.6 Å². The van der Waals surface area contributed by atoms with Crippen LogP contribution in [0.25, 0.3) is 0 Å². The maximum absolute atomic E-state index is 13.2. The lowest BCUT2D eigenvalue weighted by atomic mass is 10.1. The molecule has 0 aliphatic heterocycles. The molecule has 0 atom stereocenters. The number of nitrogens with one attached hydrogen (secondary N) is 2. The predicted molar refractivity (Wildman–Crippen MR) is 84.8 cm³/mol. The van der Waals surface area contributed by atoms with E-state index in [2.05, 4.69) is 10.6 Å². The number of amides is 2. The summed E-state index contributed by atoms with van der Waals surface area (Å²) in [5.41, 5.74) is 1.60. The number of anilines is 2. The second-order valence-electron chi connectivity index (χ2n) is 4.91. The Hall–Kier alpha value is -2.47. The third kappa shape index (κ3) is 4.04. The molecule has 4 nitrogen and oxygen atoms in total. The van der Waals surface area contributed by atoms with Gasteiger partial charge in [0, 0.05) is 18.3 Å². The number of benzene rings is 2. The third-order valence-electron chi connectivity index (χ3n) is 3.05. The molecule has 0 aliphatic rings. The quantitative estimate of drug-likeness (QED) is 0.826. The van der Waals surface area contributed by atoms with Crippen LogP contribution in [0.1, 0.15) is 22.8 Å². The number of rotatable bonds is 3. The Morgan fingerprint density at radius 1 is 1.04 bits per heavy atom. The van der Waals surface area contributed by atoms with Crippen LogP contribution >= 0.6 is 11.6 Å². The molecule has 0 unspecified atom stereocenters. The number of carbonyl (C=O) groups excluding carboxylic acids is 2. The molecule has 0 bridgehead atoms. The molecule has 0 fully saturated rings. The lowest BCUT2D eigenvalue weighted by Crippen LogP contribution is -2.14. The molecular formula is C16H13ClF2N2O2. The van der Waals surface area contributed by atoms with E-state index in [1.165, 1.54) is 6.92 Å². The second-order valence-corrected chi connectivity index (χ2v) is 5.32. The average molecular weight is 339 g/mol. The molecule has 2 rings (SSSR count). The van der Waals surface area contributed by atoms with Gasteiger partial charge in [-0.1, -0.05) is 11.6 Å².